The molecule has 0 fully saturated rings. The summed E-state index contributed by atoms with van der Waals surface area (Å²) in [5.41, 5.74) is 0.786. The number of benzene rings is 2. The fourth-order valence-electron chi connectivity index (χ4n) is 2.17. The molecule has 1 N–H and O–H groups in total. The number of carboxylic acid groups (broad SMARTS) is 1. The van der Waals surface area contributed by atoms with Crippen LogP contribution in [0.2, 0.25) is 5.02 Å². The molecule has 2 aromatic rings. The van der Waals surface area contributed by atoms with E-state index in [2.05, 4.69) is 0 Å². The largest absolute Gasteiger partial charge is 0.476 e. The SMILES string of the molecule is Cc1cccc(S(=O)(=O)c2cc3c(cc2Cl)OC(C(=O)O)O3)c1. The van der Waals surface area contributed by atoms with Gasteiger partial charge in [0.05, 0.1) is 14.8 Å². The monoisotopic (exact) mass is 354 g/mol. The van der Waals surface area contributed by atoms with Gasteiger partial charge >= 0.3 is 12.3 Å². The van der Waals surface area contributed by atoms with Crippen LogP contribution in [0.5, 0.6) is 11.5 Å². The Labute approximate surface area is 137 Å². The lowest BCUT2D eigenvalue weighted by molar-refractivity contribution is -0.154. The Morgan fingerprint density at radius 2 is 1.83 bits per heavy atom. The Balaban J connectivity index is 2.09. The fourth-order valence-corrected chi connectivity index (χ4v) is 4.06. The molecule has 0 radical (unpaired) electrons. The van der Waals surface area contributed by atoms with Crippen molar-refractivity contribution in [2.75, 3.05) is 0 Å². The molecule has 3 rings (SSSR count). The number of sulfone groups is 1. The Bertz CT molecular complexity index is 906. The molecule has 1 aliphatic rings. The lowest BCUT2D eigenvalue weighted by atomic mass is 10.2. The Hall–Kier alpha value is -2.25. The first-order valence-electron chi connectivity index (χ1n) is 6.50. The summed E-state index contributed by atoms with van der Waals surface area (Å²) in [4.78, 5) is 10.8. The van der Waals surface area contributed by atoms with Gasteiger partial charge in [-0.3, -0.25) is 0 Å². The zero-order chi connectivity index (χ0) is 16.8. The van der Waals surface area contributed by atoms with Crippen molar-refractivity contribution < 1.29 is 27.8 Å². The van der Waals surface area contributed by atoms with Gasteiger partial charge in [-0.05, 0) is 24.6 Å². The summed E-state index contributed by atoms with van der Waals surface area (Å²) in [5, 5.41) is 8.82. The van der Waals surface area contributed by atoms with E-state index in [1.807, 2.05) is 0 Å². The summed E-state index contributed by atoms with van der Waals surface area (Å²) < 4.78 is 35.6. The number of aryl methyl sites for hydroxylation is 1. The Kier molecular flexibility index (Phi) is 3.69. The number of hydrogen-bond acceptors (Lipinski definition) is 5. The van der Waals surface area contributed by atoms with Crippen LogP contribution in [0.3, 0.4) is 0 Å². The highest BCUT2D eigenvalue weighted by atomic mass is 35.5. The van der Waals surface area contributed by atoms with Gasteiger partial charge in [0.15, 0.2) is 11.5 Å². The molecule has 0 amide bonds. The summed E-state index contributed by atoms with van der Waals surface area (Å²) in [6, 6.07) is 8.81. The third-order valence-corrected chi connectivity index (χ3v) is 5.47. The van der Waals surface area contributed by atoms with E-state index in [0.717, 1.165) is 5.56 Å². The highest BCUT2D eigenvalue weighted by Gasteiger charge is 2.33. The second-order valence-corrected chi connectivity index (χ2v) is 7.28. The molecule has 6 nitrogen and oxygen atoms in total. The van der Waals surface area contributed by atoms with Crippen molar-refractivity contribution in [1.29, 1.82) is 0 Å². The van der Waals surface area contributed by atoms with Crippen molar-refractivity contribution >= 4 is 27.4 Å². The van der Waals surface area contributed by atoms with Gasteiger partial charge in [-0.1, -0.05) is 23.7 Å². The quantitative estimate of drug-likeness (QED) is 0.911. The van der Waals surface area contributed by atoms with Gasteiger partial charge in [0, 0.05) is 12.1 Å². The standard InChI is InChI=1S/C15H11ClO6S/c1-8-3-2-4-9(5-8)23(19,20)13-7-12-11(6-10(13)16)21-15(22-12)14(17)18/h2-7,15H,1H3,(H,17,18). The third-order valence-electron chi connectivity index (χ3n) is 3.26. The minimum Gasteiger partial charge on any atom is -0.476 e. The van der Waals surface area contributed by atoms with Crippen LogP contribution in [0.15, 0.2) is 46.2 Å². The number of ether oxygens (including phenoxy) is 2. The van der Waals surface area contributed by atoms with Crippen LogP contribution in [0, 0.1) is 6.92 Å². The van der Waals surface area contributed by atoms with Gasteiger partial charge in [0.1, 0.15) is 0 Å². The molecule has 23 heavy (non-hydrogen) atoms. The number of rotatable bonds is 3. The van der Waals surface area contributed by atoms with Gasteiger partial charge in [0.2, 0.25) is 9.84 Å². The number of fused-ring (bicyclic) bond motifs is 1. The second kappa shape index (κ2) is 5.43. The number of carboxylic acids is 1. The van der Waals surface area contributed by atoms with Crippen LogP contribution in [0.1, 0.15) is 5.56 Å². The number of aliphatic carboxylic acids is 1. The van der Waals surface area contributed by atoms with Crippen molar-refractivity contribution in [3.05, 3.63) is 47.0 Å². The van der Waals surface area contributed by atoms with Gasteiger partial charge in [-0.15, -0.1) is 0 Å². The molecule has 0 saturated carbocycles. The van der Waals surface area contributed by atoms with Crippen molar-refractivity contribution in [2.45, 2.75) is 23.0 Å². The predicted molar refractivity (Wildman–Crippen MR) is 80.8 cm³/mol. The topological polar surface area (TPSA) is 89.9 Å². The van der Waals surface area contributed by atoms with Crippen molar-refractivity contribution in [2.24, 2.45) is 0 Å². The van der Waals surface area contributed by atoms with E-state index in [9.17, 15) is 13.2 Å². The molecule has 8 heteroatoms. The van der Waals surface area contributed by atoms with E-state index in [-0.39, 0.29) is 26.3 Å². The number of halogens is 1. The van der Waals surface area contributed by atoms with Gasteiger partial charge in [-0.2, -0.15) is 0 Å². The average Bonchev–Trinajstić information content (AvgIpc) is 2.89. The first-order chi connectivity index (χ1) is 10.8. The molecule has 0 aromatic heterocycles. The lowest BCUT2D eigenvalue weighted by Crippen LogP contribution is -2.28. The van der Waals surface area contributed by atoms with Crippen LogP contribution >= 0.6 is 11.6 Å². The molecule has 0 aliphatic carbocycles. The van der Waals surface area contributed by atoms with Gasteiger partial charge in [-0.25, -0.2) is 13.2 Å². The zero-order valence-corrected chi connectivity index (χ0v) is 13.4. The molecule has 1 unspecified atom stereocenters. The summed E-state index contributed by atoms with van der Waals surface area (Å²) in [6.07, 6.45) is -1.52. The zero-order valence-electron chi connectivity index (χ0n) is 11.8. The van der Waals surface area contributed by atoms with Crippen LogP contribution < -0.4 is 9.47 Å². The maximum absolute atomic E-state index is 12.7. The van der Waals surface area contributed by atoms with E-state index >= 15 is 0 Å². The van der Waals surface area contributed by atoms with Crippen LogP contribution in [-0.4, -0.2) is 25.8 Å². The van der Waals surface area contributed by atoms with Crippen LogP contribution in [-0.2, 0) is 14.6 Å². The molecule has 0 bridgehead atoms. The lowest BCUT2D eigenvalue weighted by Gasteiger charge is -2.08. The number of hydrogen-bond donors (Lipinski definition) is 1. The first kappa shape index (κ1) is 15.6. The molecule has 1 heterocycles. The van der Waals surface area contributed by atoms with Crippen LogP contribution in [0.25, 0.3) is 0 Å². The van der Waals surface area contributed by atoms with Crippen molar-refractivity contribution in [3.63, 3.8) is 0 Å². The summed E-state index contributed by atoms with van der Waals surface area (Å²) in [7, 11) is -3.87. The summed E-state index contributed by atoms with van der Waals surface area (Å²) in [6.45, 7) is 1.78. The molecule has 0 spiro atoms. The Morgan fingerprint density at radius 1 is 1.17 bits per heavy atom. The predicted octanol–water partition coefficient (Wildman–Crippen LogP) is 2.66. The van der Waals surface area contributed by atoms with Gasteiger partial charge in [0.25, 0.3) is 0 Å². The Morgan fingerprint density at radius 3 is 2.43 bits per heavy atom. The fraction of sp³-hybridized carbons (Fsp3) is 0.133. The van der Waals surface area contributed by atoms with E-state index in [1.165, 1.54) is 24.3 Å². The molecule has 0 saturated heterocycles. The highest BCUT2D eigenvalue weighted by Crippen LogP contribution is 2.41. The molecule has 1 atom stereocenters. The summed E-state index contributed by atoms with van der Waals surface area (Å²) in [5.74, 6) is -1.21. The van der Waals surface area contributed by atoms with Crippen LogP contribution in [0.4, 0.5) is 0 Å². The highest BCUT2D eigenvalue weighted by molar-refractivity contribution is 7.91. The molecule has 1 aliphatic heterocycles. The first-order valence-corrected chi connectivity index (χ1v) is 8.36. The smallest absolute Gasteiger partial charge is 0.387 e. The summed E-state index contributed by atoms with van der Waals surface area (Å²) >= 11 is 6.05. The van der Waals surface area contributed by atoms with E-state index in [0.29, 0.717) is 0 Å². The minimum atomic E-state index is -3.87. The third kappa shape index (κ3) is 2.73. The van der Waals surface area contributed by atoms with Crippen molar-refractivity contribution in [3.8, 4) is 11.5 Å². The van der Waals surface area contributed by atoms with Gasteiger partial charge < -0.3 is 14.6 Å². The maximum atomic E-state index is 12.7. The number of carbonyl (C=O) groups is 1. The minimum absolute atomic E-state index is 0.0213. The van der Waals surface area contributed by atoms with E-state index in [4.69, 9.17) is 26.2 Å². The van der Waals surface area contributed by atoms with E-state index in [1.54, 1.807) is 19.1 Å². The van der Waals surface area contributed by atoms with E-state index < -0.39 is 22.1 Å². The second-order valence-electron chi connectivity index (χ2n) is 4.96. The maximum Gasteiger partial charge on any atom is 0.387 e. The molecule has 2 aromatic carbocycles. The van der Waals surface area contributed by atoms with Crippen molar-refractivity contribution in [1.82, 2.24) is 0 Å². The molecular formula is C15H11ClO6S. The molecular weight excluding hydrogens is 344 g/mol. The normalized spacial score (nSPS) is 16.3. The average molecular weight is 355 g/mol. The molecule has 120 valence electrons.